The van der Waals surface area contributed by atoms with Gasteiger partial charge in [0.15, 0.2) is 16.9 Å². The van der Waals surface area contributed by atoms with Crippen LogP contribution in [0.1, 0.15) is 31.2 Å². The van der Waals surface area contributed by atoms with E-state index in [0.29, 0.717) is 17.4 Å². The van der Waals surface area contributed by atoms with E-state index in [1.165, 1.54) is 0 Å². The Morgan fingerprint density at radius 1 is 1.15 bits per heavy atom. The molecule has 0 radical (unpaired) electrons. The van der Waals surface area contributed by atoms with E-state index in [1.807, 2.05) is 18.2 Å². The quantitative estimate of drug-likeness (QED) is 0.823. The van der Waals surface area contributed by atoms with Crippen LogP contribution >= 0.6 is 0 Å². The van der Waals surface area contributed by atoms with Crippen LogP contribution in [0.4, 0.5) is 0 Å². The number of nitriles is 3. The first-order valence-corrected chi connectivity index (χ1v) is 8.88. The minimum absolute atomic E-state index is 0.0507. The lowest BCUT2D eigenvalue weighted by Crippen LogP contribution is -2.43. The second kappa shape index (κ2) is 6.08. The van der Waals surface area contributed by atoms with Crippen LogP contribution in [0.3, 0.4) is 0 Å². The summed E-state index contributed by atoms with van der Waals surface area (Å²) in [6.45, 7) is 2.29. The van der Waals surface area contributed by atoms with Gasteiger partial charge in [0.1, 0.15) is 6.07 Å². The van der Waals surface area contributed by atoms with Crippen LogP contribution in [0.15, 0.2) is 41.1 Å². The predicted molar refractivity (Wildman–Crippen MR) is 95.8 cm³/mol. The van der Waals surface area contributed by atoms with Gasteiger partial charge in [-0.1, -0.05) is 19.1 Å². The van der Waals surface area contributed by atoms with Crippen LogP contribution < -0.4 is 15.2 Å². The molecule has 0 spiro atoms. The summed E-state index contributed by atoms with van der Waals surface area (Å²) in [6.07, 6.45) is 3.68. The second-order valence-electron chi connectivity index (χ2n) is 7.37. The molecule has 3 atom stereocenters. The summed E-state index contributed by atoms with van der Waals surface area (Å²) in [4.78, 5) is 0. The molecule has 1 aromatic carbocycles. The summed E-state index contributed by atoms with van der Waals surface area (Å²) < 4.78 is 10.9. The fourth-order valence-corrected chi connectivity index (χ4v) is 4.56. The highest BCUT2D eigenvalue weighted by atomic mass is 16.7. The molecule has 6 nitrogen and oxygen atoms in total. The zero-order chi connectivity index (χ0) is 19.2. The lowest BCUT2D eigenvalue weighted by atomic mass is 9.56. The summed E-state index contributed by atoms with van der Waals surface area (Å²) in [5.41, 5.74) is 6.68. The minimum atomic E-state index is -1.60. The van der Waals surface area contributed by atoms with Gasteiger partial charge in [-0.2, -0.15) is 15.8 Å². The number of fused-ring (bicyclic) bond motifs is 2. The summed E-state index contributed by atoms with van der Waals surface area (Å²) in [6, 6.07) is 11.9. The molecule has 4 rings (SSSR count). The summed E-state index contributed by atoms with van der Waals surface area (Å²) in [5, 5.41) is 29.8. The molecule has 0 saturated heterocycles. The Morgan fingerprint density at radius 3 is 2.59 bits per heavy atom. The monoisotopic (exact) mass is 358 g/mol. The number of benzene rings is 1. The first kappa shape index (κ1) is 17.0. The molecular formula is C21H18N4O2. The third-order valence-electron chi connectivity index (χ3n) is 5.87. The molecule has 0 saturated carbocycles. The second-order valence-corrected chi connectivity index (χ2v) is 7.37. The molecule has 6 heteroatoms. The third kappa shape index (κ3) is 2.29. The average Bonchev–Trinajstić information content (AvgIpc) is 3.15. The number of ether oxygens (including phenoxy) is 2. The van der Waals surface area contributed by atoms with Gasteiger partial charge in [0, 0.05) is 5.92 Å². The lowest BCUT2D eigenvalue weighted by Gasteiger charge is -2.44. The fraction of sp³-hybridized carbons (Fsp3) is 0.381. The van der Waals surface area contributed by atoms with E-state index in [1.54, 1.807) is 6.07 Å². The maximum Gasteiger partial charge on any atom is 0.231 e. The zero-order valence-electron chi connectivity index (χ0n) is 14.9. The van der Waals surface area contributed by atoms with Gasteiger partial charge in [-0.3, -0.25) is 0 Å². The number of nitrogens with zero attached hydrogens (tertiary/aromatic N) is 3. The van der Waals surface area contributed by atoms with Crippen molar-refractivity contribution in [3.63, 3.8) is 0 Å². The molecule has 1 aromatic rings. The first-order valence-electron chi connectivity index (χ1n) is 8.88. The molecule has 2 N–H and O–H groups in total. The Kier molecular flexibility index (Phi) is 3.83. The van der Waals surface area contributed by atoms with Crippen LogP contribution in [0.5, 0.6) is 11.5 Å². The Balaban J connectivity index is 1.98. The minimum Gasteiger partial charge on any atom is -0.454 e. The summed E-state index contributed by atoms with van der Waals surface area (Å²) >= 11 is 0. The molecule has 2 aliphatic carbocycles. The Bertz CT molecular complexity index is 988. The van der Waals surface area contributed by atoms with Gasteiger partial charge in [-0.05, 0) is 47.9 Å². The molecule has 0 bridgehead atoms. The van der Waals surface area contributed by atoms with Gasteiger partial charge in [0.05, 0.1) is 23.4 Å². The molecule has 1 heterocycles. The predicted octanol–water partition coefficient (Wildman–Crippen LogP) is 3.25. The van der Waals surface area contributed by atoms with Crippen molar-refractivity contribution in [3.8, 4) is 29.7 Å². The molecule has 0 aromatic heterocycles. The van der Waals surface area contributed by atoms with Gasteiger partial charge in [0.25, 0.3) is 0 Å². The van der Waals surface area contributed by atoms with Crippen molar-refractivity contribution in [3.05, 3.63) is 46.7 Å². The molecule has 1 aliphatic heterocycles. The molecule has 27 heavy (non-hydrogen) atoms. The van der Waals surface area contributed by atoms with Gasteiger partial charge in [-0.25, -0.2) is 0 Å². The van der Waals surface area contributed by atoms with E-state index < -0.39 is 11.3 Å². The van der Waals surface area contributed by atoms with Crippen LogP contribution in [-0.4, -0.2) is 6.79 Å². The Morgan fingerprint density at radius 2 is 1.89 bits per heavy atom. The SMILES string of the molecule is C[C@@H]1CC=C2C(C#N)=C(N)C(C#N)(C#N)[C@@H](c3ccc4c(c3)OCO4)[C@@H]2C1. The standard InChI is InChI=1S/C21H18N4O2/c1-12-2-4-14-15(6-12)19(13-3-5-17-18(7-13)27-11-26-17)21(9-23,10-24)20(25)16(14)8-22/h3-5,7,12,15,19H,2,6,11,25H2,1H3/t12-,15-,19+/m1/s1. The topological polar surface area (TPSA) is 116 Å². The van der Waals surface area contributed by atoms with E-state index in [4.69, 9.17) is 15.2 Å². The van der Waals surface area contributed by atoms with Crippen molar-refractivity contribution in [1.29, 1.82) is 15.8 Å². The van der Waals surface area contributed by atoms with Gasteiger partial charge < -0.3 is 15.2 Å². The largest absolute Gasteiger partial charge is 0.454 e. The lowest BCUT2D eigenvalue weighted by molar-refractivity contribution is 0.174. The van der Waals surface area contributed by atoms with Crippen LogP contribution in [0, 0.1) is 51.2 Å². The Labute approximate surface area is 157 Å². The number of allylic oxidation sites excluding steroid dienone is 4. The van der Waals surface area contributed by atoms with Gasteiger partial charge >= 0.3 is 0 Å². The number of rotatable bonds is 1. The van der Waals surface area contributed by atoms with E-state index in [0.717, 1.165) is 24.0 Å². The molecule has 0 amide bonds. The first-order chi connectivity index (χ1) is 13.1. The Hall–Kier alpha value is -3.43. The average molecular weight is 358 g/mol. The summed E-state index contributed by atoms with van der Waals surface area (Å²) in [5.74, 6) is 1.02. The van der Waals surface area contributed by atoms with Crippen LogP contribution in [-0.2, 0) is 0 Å². The maximum atomic E-state index is 10.0. The normalized spacial score (nSPS) is 27.6. The van der Waals surface area contributed by atoms with Crippen molar-refractivity contribution in [2.24, 2.45) is 23.0 Å². The number of nitrogens with two attached hydrogens (primary N) is 1. The molecule has 0 fully saturated rings. The van der Waals surface area contributed by atoms with Crippen molar-refractivity contribution in [1.82, 2.24) is 0 Å². The van der Waals surface area contributed by atoms with E-state index >= 15 is 0 Å². The van der Waals surface area contributed by atoms with Crippen molar-refractivity contribution in [2.75, 3.05) is 6.79 Å². The smallest absolute Gasteiger partial charge is 0.231 e. The maximum absolute atomic E-state index is 10.0. The van der Waals surface area contributed by atoms with Crippen LogP contribution in [0.25, 0.3) is 0 Å². The van der Waals surface area contributed by atoms with Gasteiger partial charge in [-0.15, -0.1) is 0 Å². The van der Waals surface area contributed by atoms with E-state index in [-0.39, 0.29) is 24.0 Å². The van der Waals surface area contributed by atoms with Crippen molar-refractivity contribution < 1.29 is 9.47 Å². The molecule has 0 unspecified atom stereocenters. The number of hydrogen-bond donors (Lipinski definition) is 1. The molecule has 3 aliphatic rings. The number of hydrogen-bond acceptors (Lipinski definition) is 6. The van der Waals surface area contributed by atoms with Crippen molar-refractivity contribution in [2.45, 2.75) is 25.7 Å². The van der Waals surface area contributed by atoms with Crippen molar-refractivity contribution >= 4 is 0 Å². The highest BCUT2D eigenvalue weighted by molar-refractivity contribution is 5.60. The van der Waals surface area contributed by atoms with Gasteiger partial charge in [0.2, 0.25) is 6.79 Å². The molecular weight excluding hydrogens is 340 g/mol. The zero-order valence-corrected chi connectivity index (χ0v) is 14.9. The summed E-state index contributed by atoms with van der Waals surface area (Å²) in [7, 11) is 0. The molecule has 134 valence electrons. The third-order valence-corrected chi connectivity index (χ3v) is 5.87. The van der Waals surface area contributed by atoms with Crippen LogP contribution in [0.2, 0.25) is 0 Å². The fourth-order valence-electron chi connectivity index (χ4n) is 4.56. The highest BCUT2D eigenvalue weighted by Crippen LogP contribution is 2.57. The highest BCUT2D eigenvalue weighted by Gasteiger charge is 2.54. The van der Waals surface area contributed by atoms with E-state index in [9.17, 15) is 15.8 Å². The van der Waals surface area contributed by atoms with E-state index in [2.05, 4.69) is 25.1 Å².